The lowest BCUT2D eigenvalue weighted by atomic mass is 10.0. The van der Waals surface area contributed by atoms with Gasteiger partial charge in [0.1, 0.15) is 12.2 Å². The number of thiophene rings is 1. The Labute approximate surface area is 238 Å². The van der Waals surface area contributed by atoms with Gasteiger partial charge in [0.2, 0.25) is 0 Å². The van der Waals surface area contributed by atoms with Gasteiger partial charge >= 0.3 is 6.09 Å². The Hall–Kier alpha value is -3.18. The molecule has 1 aliphatic heterocycles. The molecule has 1 fully saturated rings. The summed E-state index contributed by atoms with van der Waals surface area (Å²) in [6, 6.07) is 11.5. The molecule has 11 heteroatoms. The van der Waals surface area contributed by atoms with Crippen molar-refractivity contribution in [2.24, 2.45) is 0 Å². The van der Waals surface area contributed by atoms with Crippen LogP contribution in [0.3, 0.4) is 0 Å². The normalized spacial score (nSPS) is 15.7. The highest BCUT2D eigenvalue weighted by Crippen LogP contribution is 2.33. The molecule has 2 aromatic carbocycles. The van der Waals surface area contributed by atoms with Crippen molar-refractivity contribution >= 4 is 39.3 Å². The first-order chi connectivity index (χ1) is 18.4. The predicted molar refractivity (Wildman–Crippen MR) is 147 cm³/mol. The SMILES string of the molecule is COc1cc(C(=O)N2CCN(C(=O)OC(C)(C)C)CC2c2ccc(F)c(F)c2)ccc1OCc1ccc(Br)s1. The topological polar surface area (TPSA) is 68.3 Å². The van der Waals surface area contributed by atoms with E-state index in [0.29, 0.717) is 29.2 Å². The third-order valence-electron chi connectivity index (χ3n) is 6.03. The van der Waals surface area contributed by atoms with Gasteiger partial charge in [-0.25, -0.2) is 13.6 Å². The van der Waals surface area contributed by atoms with Crippen LogP contribution in [0.4, 0.5) is 13.6 Å². The molecule has 0 aliphatic carbocycles. The molecule has 1 aromatic heterocycles. The third-order valence-corrected chi connectivity index (χ3v) is 7.63. The van der Waals surface area contributed by atoms with Crippen LogP contribution in [0.25, 0.3) is 0 Å². The first-order valence-electron chi connectivity index (χ1n) is 12.2. The zero-order chi connectivity index (χ0) is 28.3. The average molecular weight is 624 g/mol. The fraction of sp³-hybridized carbons (Fsp3) is 0.357. The number of carbonyl (C=O) groups is 2. The van der Waals surface area contributed by atoms with Crippen molar-refractivity contribution in [3.8, 4) is 11.5 Å². The molecule has 0 spiro atoms. The summed E-state index contributed by atoms with van der Waals surface area (Å²) in [7, 11) is 1.49. The van der Waals surface area contributed by atoms with Gasteiger partial charge in [0.05, 0.1) is 16.9 Å². The molecule has 2 amide bonds. The minimum absolute atomic E-state index is 0.0560. The van der Waals surface area contributed by atoms with Gasteiger partial charge in [0.15, 0.2) is 23.1 Å². The van der Waals surface area contributed by atoms with Gasteiger partial charge in [-0.3, -0.25) is 4.79 Å². The molecule has 208 valence electrons. The van der Waals surface area contributed by atoms with Crippen LogP contribution in [0.1, 0.15) is 47.6 Å². The summed E-state index contributed by atoms with van der Waals surface area (Å²) in [4.78, 5) is 30.5. The van der Waals surface area contributed by atoms with E-state index in [4.69, 9.17) is 14.2 Å². The second-order valence-electron chi connectivity index (χ2n) is 9.97. The molecular formula is C28H29BrF2N2O5S. The van der Waals surface area contributed by atoms with Crippen molar-refractivity contribution in [2.45, 2.75) is 39.0 Å². The second-order valence-corrected chi connectivity index (χ2v) is 12.5. The van der Waals surface area contributed by atoms with Crippen molar-refractivity contribution in [3.05, 3.63) is 80.0 Å². The van der Waals surface area contributed by atoms with Crippen LogP contribution >= 0.6 is 27.3 Å². The zero-order valence-electron chi connectivity index (χ0n) is 22.0. The van der Waals surface area contributed by atoms with Gasteiger partial charge in [-0.15, -0.1) is 11.3 Å². The van der Waals surface area contributed by atoms with Crippen LogP contribution in [-0.2, 0) is 11.3 Å². The van der Waals surface area contributed by atoms with Gasteiger partial charge < -0.3 is 24.0 Å². The van der Waals surface area contributed by atoms with E-state index < -0.39 is 29.4 Å². The monoisotopic (exact) mass is 622 g/mol. The smallest absolute Gasteiger partial charge is 0.410 e. The lowest BCUT2D eigenvalue weighted by molar-refractivity contribution is 0.00404. The maximum absolute atomic E-state index is 14.2. The van der Waals surface area contributed by atoms with Crippen LogP contribution in [0.5, 0.6) is 11.5 Å². The van der Waals surface area contributed by atoms with Crippen molar-refractivity contribution in [1.29, 1.82) is 0 Å². The van der Waals surface area contributed by atoms with E-state index in [9.17, 15) is 18.4 Å². The fourth-order valence-electron chi connectivity index (χ4n) is 4.19. The number of methoxy groups -OCH3 is 1. The number of carbonyl (C=O) groups excluding carboxylic acids is 2. The summed E-state index contributed by atoms with van der Waals surface area (Å²) in [6.07, 6.45) is -0.539. The number of amides is 2. The number of piperazine rings is 1. The van der Waals surface area contributed by atoms with E-state index in [-0.39, 0.29) is 25.5 Å². The molecule has 3 aromatic rings. The highest BCUT2D eigenvalue weighted by molar-refractivity contribution is 9.11. The molecule has 1 atom stereocenters. The Morgan fingerprint density at radius 2 is 1.79 bits per heavy atom. The van der Waals surface area contributed by atoms with E-state index in [0.717, 1.165) is 20.8 Å². The van der Waals surface area contributed by atoms with E-state index in [1.165, 1.54) is 18.1 Å². The van der Waals surface area contributed by atoms with Gasteiger partial charge in [-0.2, -0.15) is 0 Å². The highest BCUT2D eigenvalue weighted by atomic mass is 79.9. The Balaban J connectivity index is 1.58. The number of hydrogen-bond donors (Lipinski definition) is 0. The Bertz CT molecular complexity index is 1360. The Morgan fingerprint density at radius 3 is 2.44 bits per heavy atom. The minimum atomic E-state index is -1.03. The molecular weight excluding hydrogens is 594 g/mol. The molecule has 7 nitrogen and oxygen atoms in total. The molecule has 2 heterocycles. The first-order valence-corrected chi connectivity index (χ1v) is 13.8. The van der Waals surface area contributed by atoms with Crippen LogP contribution in [0.2, 0.25) is 0 Å². The van der Waals surface area contributed by atoms with Gasteiger partial charge in [0, 0.05) is 30.1 Å². The summed E-state index contributed by atoms with van der Waals surface area (Å²) in [6.45, 7) is 6.06. The van der Waals surface area contributed by atoms with E-state index in [2.05, 4.69) is 15.9 Å². The summed E-state index contributed by atoms with van der Waals surface area (Å²) < 4.78 is 45.8. The number of ether oxygens (including phenoxy) is 3. The number of nitrogens with zero attached hydrogens (tertiary/aromatic N) is 2. The molecule has 0 saturated carbocycles. The number of halogens is 3. The standard InChI is InChI=1S/C28H29BrF2N2O5S/c1-28(2,3)38-27(35)32-11-12-33(22(15-32)17-5-8-20(30)21(31)13-17)26(34)18-6-9-23(24(14-18)36-4)37-16-19-7-10-25(29)39-19/h5-10,13-14,22H,11-12,15-16H2,1-4H3. The molecule has 39 heavy (non-hydrogen) atoms. The number of hydrogen-bond acceptors (Lipinski definition) is 6. The van der Waals surface area contributed by atoms with E-state index in [1.807, 2.05) is 12.1 Å². The van der Waals surface area contributed by atoms with Crippen LogP contribution in [0.15, 0.2) is 52.3 Å². The lowest BCUT2D eigenvalue weighted by Gasteiger charge is -2.42. The second kappa shape index (κ2) is 11.9. The van der Waals surface area contributed by atoms with Crippen LogP contribution in [0, 0.1) is 11.6 Å². The van der Waals surface area contributed by atoms with Crippen LogP contribution < -0.4 is 9.47 Å². The number of rotatable bonds is 6. The molecule has 0 radical (unpaired) electrons. The molecule has 4 rings (SSSR count). The molecule has 0 N–H and O–H groups in total. The zero-order valence-corrected chi connectivity index (χ0v) is 24.4. The van der Waals surface area contributed by atoms with Gasteiger partial charge in [0.25, 0.3) is 5.91 Å². The van der Waals surface area contributed by atoms with E-state index in [1.54, 1.807) is 55.2 Å². The molecule has 1 unspecified atom stereocenters. The summed E-state index contributed by atoms with van der Waals surface area (Å²) in [5, 5.41) is 0. The highest BCUT2D eigenvalue weighted by Gasteiger charge is 2.36. The molecule has 0 bridgehead atoms. The Kier molecular flexibility index (Phi) is 8.80. The van der Waals surface area contributed by atoms with Gasteiger partial charge in [-0.1, -0.05) is 6.07 Å². The average Bonchev–Trinajstić information content (AvgIpc) is 3.32. The maximum Gasteiger partial charge on any atom is 0.410 e. The van der Waals surface area contributed by atoms with Crippen molar-refractivity contribution in [1.82, 2.24) is 9.80 Å². The number of benzene rings is 2. The fourth-order valence-corrected chi connectivity index (χ4v) is 5.58. The Morgan fingerprint density at radius 1 is 1.03 bits per heavy atom. The van der Waals surface area contributed by atoms with Crippen molar-refractivity contribution in [3.63, 3.8) is 0 Å². The van der Waals surface area contributed by atoms with Crippen molar-refractivity contribution in [2.75, 3.05) is 26.7 Å². The van der Waals surface area contributed by atoms with Gasteiger partial charge in [-0.05, 0) is 84.7 Å². The van der Waals surface area contributed by atoms with Crippen LogP contribution in [-0.4, -0.2) is 54.1 Å². The molecule has 1 saturated heterocycles. The quantitative estimate of drug-likeness (QED) is 0.302. The first kappa shape index (κ1) is 28.8. The van der Waals surface area contributed by atoms with Crippen molar-refractivity contribution < 1.29 is 32.6 Å². The third kappa shape index (κ3) is 7.07. The summed E-state index contributed by atoms with van der Waals surface area (Å²) in [5.74, 6) is -1.51. The summed E-state index contributed by atoms with van der Waals surface area (Å²) in [5.41, 5.74) is -0.0112. The molecule has 1 aliphatic rings. The van der Waals surface area contributed by atoms with E-state index >= 15 is 0 Å². The lowest BCUT2D eigenvalue weighted by Crippen LogP contribution is -2.53. The maximum atomic E-state index is 14.2. The minimum Gasteiger partial charge on any atom is -0.493 e. The predicted octanol–water partition coefficient (Wildman–Crippen LogP) is 6.81. The largest absolute Gasteiger partial charge is 0.493 e. The summed E-state index contributed by atoms with van der Waals surface area (Å²) >= 11 is 4.99.